The van der Waals surface area contributed by atoms with E-state index in [1.165, 1.54) is 20.5 Å². The summed E-state index contributed by atoms with van der Waals surface area (Å²) in [7, 11) is -2.96. The maximum atomic E-state index is 13.9. The van der Waals surface area contributed by atoms with Crippen LogP contribution in [0.5, 0.6) is 0 Å². The highest BCUT2D eigenvalue weighted by Gasteiger charge is 2.52. The van der Waals surface area contributed by atoms with E-state index >= 15 is 0 Å². The Kier molecular flexibility index (Phi) is 12.8. The number of hydrogen-bond acceptors (Lipinski definition) is 6. The number of carboxylic acids is 1. The summed E-state index contributed by atoms with van der Waals surface area (Å²) < 4.78 is 21.4. The van der Waals surface area contributed by atoms with Crippen molar-refractivity contribution in [3.05, 3.63) is 120 Å². The van der Waals surface area contributed by atoms with Gasteiger partial charge in [-0.1, -0.05) is 124 Å². The second kappa shape index (κ2) is 17.4. The van der Waals surface area contributed by atoms with Gasteiger partial charge in [0.2, 0.25) is 0 Å². The molecule has 6 nitrogen and oxygen atoms in total. The molecule has 1 saturated carbocycles. The lowest BCUT2D eigenvalue weighted by molar-refractivity contribution is -0.194. The van der Waals surface area contributed by atoms with Crippen molar-refractivity contribution in [1.29, 1.82) is 0 Å². The van der Waals surface area contributed by atoms with Gasteiger partial charge in [-0.3, -0.25) is 9.59 Å². The van der Waals surface area contributed by atoms with E-state index in [1.807, 2.05) is 6.08 Å². The first-order valence-electron chi connectivity index (χ1n) is 18.8. The number of allylic oxidation sites excluding steroid dienone is 3. The highest BCUT2D eigenvalue weighted by Crippen LogP contribution is 2.43. The van der Waals surface area contributed by atoms with Gasteiger partial charge in [0, 0.05) is 40.9 Å². The maximum Gasteiger partial charge on any atom is 0.303 e. The Hall–Kier alpha value is -3.66. The molecule has 4 aromatic rings. The molecule has 2 heterocycles. The lowest BCUT2D eigenvalue weighted by Gasteiger charge is -2.44. The van der Waals surface area contributed by atoms with E-state index in [0.717, 1.165) is 24.1 Å². The van der Waals surface area contributed by atoms with E-state index in [4.69, 9.17) is 19.0 Å². The minimum absolute atomic E-state index is 0.0686. The molecule has 8 heteroatoms. The van der Waals surface area contributed by atoms with Crippen molar-refractivity contribution < 1.29 is 28.6 Å². The van der Waals surface area contributed by atoms with Gasteiger partial charge in [0.25, 0.3) is 8.32 Å². The molecule has 1 aromatic heterocycles. The fourth-order valence-corrected chi connectivity index (χ4v) is 13.6. The summed E-state index contributed by atoms with van der Waals surface area (Å²) in [5.74, 6) is -1.03. The first kappa shape index (κ1) is 38.1. The summed E-state index contributed by atoms with van der Waals surface area (Å²) in [6, 6.07) is 32.1. The number of unbranched alkanes of at least 4 members (excludes halogenated alkanes) is 1. The first-order valence-corrected chi connectivity index (χ1v) is 21.5. The van der Waals surface area contributed by atoms with Crippen LogP contribution in [0.1, 0.15) is 83.1 Å². The number of fused-ring (bicyclic) bond motifs is 1. The number of carbonyl (C=O) groups is 2. The lowest BCUT2D eigenvalue weighted by atomic mass is 9.90. The zero-order chi connectivity index (χ0) is 36.6. The molecule has 0 amide bonds. The number of carbonyl (C=O) groups excluding carboxylic acids is 1. The van der Waals surface area contributed by atoms with E-state index in [-0.39, 0.29) is 41.5 Å². The Morgan fingerprint density at radius 3 is 2.31 bits per heavy atom. The molecule has 0 bridgehead atoms. The van der Waals surface area contributed by atoms with Gasteiger partial charge in [-0.2, -0.15) is 0 Å². The minimum atomic E-state index is -2.96. The van der Waals surface area contributed by atoms with Gasteiger partial charge in [0.15, 0.2) is 6.29 Å². The van der Waals surface area contributed by atoms with E-state index in [9.17, 15) is 9.59 Å². The average Bonchev–Trinajstić information content (AvgIpc) is 3.70. The molecule has 0 spiro atoms. The third-order valence-corrected chi connectivity index (χ3v) is 16.6. The number of thiophene rings is 1. The fraction of sp³-hybridized carbons (Fsp3) is 0.409. The second-order valence-electron chi connectivity index (χ2n) is 15.1. The van der Waals surface area contributed by atoms with Crippen molar-refractivity contribution >= 4 is 51.9 Å². The van der Waals surface area contributed by atoms with Gasteiger partial charge >= 0.3 is 5.97 Å². The summed E-state index contributed by atoms with van der Waals surface area (Å²) >= 11 is 1.75. The van der Waals surface area contributed by atoms with Crippen molar-refractivity contribution in [3.8, 4) is 0 Å². The van der Waals surface area contributed by atoms with Gasteiger partial charge in [-0.25, -0.2) is 0 Å². The predicted molar refractivity (Wildman–Crippen MR) is 213 cm³/mol. The summed E-state index contributed by atoms with van der Waals surface area (Å²) in [6.45, 7) is 7.55. The molecule has 1 aliphatic heterocycles. The first-order chi connectivity index (χ1) is 25.2. The van der Waals surface area contributed by atoms with Crippen LogP contribution in [-0.4, -0.2) is 44.2 Å². The number of rotatable bonds is 15. The molecule has 2 aliphatic rings. The average molecular weight is 737 g/mol. The summed E-state index contributed by atoms with van der Waals surface area (Å²) in [4.78, 5) is 26.1. The Bertz CT molecular complexity index is 1750. The normalized spacial score (nSPS) is 22.1. The quantitative estimate of drug-likeness (QED) is 0.0745. The van der Waals surface area contributed by atoms with Crippen LogP contribution in [0.4, 0.5) is 0 Å². The number of ether oxygens (including phenoxy) is 2. The molecule has 3 aromatic carbocycles. The van der Waals surface area contributed by atoms with Gasteiger partial charge in [0.1, 0.15) is 5.78 Å². The molecular formula is C44H52O6SSi. The van der Waals surface area contributed by atoms with Gasteiger partial charge in [-0.05, 0) is 71.5 Å². The van der Waals surface area contributed by atoms with Crippen LogP contribution >= 0.6 is 11.3 Å². The highest BCUT2D eigenvalue weighted by atomic mass is 32.1. The van der Waals surface area contributed by atoms with E-state index < -0.39 is 20.4 Å². The van der Waals surface area contributed by atoms with Crippen molar-refractivity contribution in [2.45, 2.75) is 95.7 Å². The molecule has 52 heavy (non-hydrogen) atoms. The third kappa shape index (κ3) is 8.92. The van der Waals surface area contributed by atoms with Crippen LogP contribution < -0.4 is 10.4 Å². The van der Waals surface area contributed by atoms with Gasteiger partial charge in [0.05, 0.1) is 12.2 Å². The zero-order valence-corrected chi connectivity index (χ0v) is 32.4. The Morgan fingerprint density at radius 2 is 1.67 bits per heavy atom. The minimum Gasteiger partial charge on any atom is -0.481 e. The van der Waals surface area contributed by atoms with Crippen molar-refractivity contribution in [3.63, 3.8) is 0 Å². The van der Waals surface area contributed by atoms with Crippen LogP contribution in [0.15, 0.2) is 115 Å². The summed E-state index contributed by atoms with van der Waals surface area (Å²) in [5, 5.41) is 12.4. The number of benzene rings is 3. The van der Waals surface area contributed by atoms with Crippen LogP contribution in [0, 0.1) is 11.8 Å². The van der Waals surface area contributed by atoms with Gasteiger partial charge < -0.3 is 19.0 Å². The molecule has 2 fully saturated rings. The van der Waals surface area contributed by atoms with E-state index in [1.54, 1.807) is 11.3 Å². The van der Waals surface area contributed by atoms with E-state index in [0.29, 0.717) is 32.3 Å². The molecule has 1 saturated heterocycles. The molecule has 274 valence electrons. The Labute approximate surface area is 313 Å². The highest BCUT2D eigenvalue weighted by molar-refractivity contribution is 7.19. The Balaban J connectivity index is 1.38. The standard InChI is InChI=1S/C44H52O6SSi/c1-44(2,3)52(33-19-8-6-9-20-33,34-21-10-7-11-22-34)50-38(41-30-32-18-14-15-24-40(32)51-41)28-27-35-36(23-12-4-5-13-25-42(46)47)39(31-37(35)45)49-43-26-16-17-29-48-43/h4,6-12,14-15,18-22,24,27-28,30,35-36,38-39,43H,5,13,16-17,23,25-26,29,31H2,1-3H3,(H,46,47)/b12-4?,28-27+/t35-,36-,38-,39+,43?/m1/s1. The molecule has 1 aliphatic carbocycles. The lowest BCUT2D eigenvalue weighted by Crippen LogP contribution is -2.66. The SMILES string of the molecule is CC(C)(C)[Si](O[C@H](/C=C/[C@H]1C(=O)C[C@H](OC2CCCCO2)[C@@H]1CC=CCCCC(=O)O)c1cc2ccccc2s1)(c1ccccc1)c1ccccc1. The van der Waals surface area contributed by atoms with Crippen molar-refractivity contribution in [2.75, 3.05) is 6.61 Å². The maximum absolute atomic E-state index is 13.9. The predicted octanol–water partition coefficient (Wildman–Crippen LogP) is 9.39. The third-order valence-electron chi connectivity index (χ3n) is 10.5. The number of aliphatic carboxylic acids is 1. The monoisotopic (exact) mass is 736 g/mol. The van der Waals surface area contributed by atoms with Crippen molar-refractivity contribution in [1.82, 2.24) is 0 Å². The largest absolute Gasteiger partial charge is 0.481 e. The van der Waals surface area contributed by atoms with Crippen LogP contribution in [0.2, 0.25) is 5.04 Å². The van der Waals surface area contributed by atoms with Crippen LogP contribution in [-0.2, 0) is 23.5 Å². The molecule has 1 N–H and O–H groups in total. The summed E-state index contributed by atoms with van der Waals surface area (Å²) in [6.07, 6.45) is 12.8. The van der Waals surface area contributed by atoms with Crippen molar-refractivity contribution in [2.24, 2.45) is 11.8 Å². The summed E-state index contributed by atoms with van der Waals surface area (Å²) in [5.41, 5.74) is 0. The zero-order valence-electron chi connectivity index (χ0n) is 30.6. The van der Waals surface area contributed by atoms with Crippen LogP contribution in [0.25, 0.3) is 10.1 Å². The number of ketones is 1. The smallest absolute Gasteiger partial charge is 0.303 e. The topological polar surface area (TPSA) is 82.1 Å². The number of hydrogen-bond donors (Lipinski definition) is 1. The molecule has 0 radical (unpaired) electrons. The molecule has 6 rings (SSSR count). The molecule has 5 atom stereocenters. The van der Waals surface area contributed by atoms with E-state index in [2.05, 4.69) is 130 Å². The second-order valence-corrected chi connectivity index (χ2v) is 20.5. The fourth-order valence-electron chi connectivity index (χ4n) is 7.85. The van der Waals surface area contributed by atoms with Gasteiger partial charge in [-0.15, -0.1) is 11.3 Å². The van der Waals surface area contributed by atoms with Crippen LogP contribution in [0.3, 0.4) is 0 Å². The number of carboxylic acid groups (broad SMARTS) is 1. The molecule has 1 unspecified atom stereocenters. The Morgan fingerprint density at radius 1 is 0.981 bits per heavy atom. The molecular weight excluding hydrogens is 685 g/mol. The number of Topliss-reactive ketones (excluding diaryl/α,β-unsaturated/α-hetero) is 1.